The second kappa shape index (κ2) is 8.84. The van der Waals surface area contributed by atoms with E-state index in [4.69, 9.17) is 4.74 Å². The van der Waals surface area contributed by atoms with Crippen LogP contribution >= 0.6 is 11.3 Å². The number of hydrogen-bond donors (Lipinski definition) is 1. The third-order valence-corrected chi connectivity index (χ3v) is 5.53. The first-order chi connectivity index (χ1) is 13.5. The Bertz CT molecular complexity index is 949. The summed E-state index contributed by atoms with van der Waals surface area (Å²) in [5.74, 6) is -0.764. The minimum Gasteiger partial charge on any atom is -0.455 e. The largest absolute Gasteiger partial charge is 0.455 e. The van der Waals surface area contributed by atoms with E-state index in [1.807, 2.05) is 73.3 Å². The van der Waals surface area contributed by atoms with Crippen LogP contribution in [-0.4, -0.2) is 28.3 Å². The van der Waals surface area contributed by atoms with Gasteiger partial charge in [-0.25, -0.2) is 4.68 Å². The van der Waals surface area contributed by atoms with E-state index in [1.165, 1.54) is 0 Å². The number of nitrogens with zero attached hydrogens (tertiary/aromatic N) is 2. The molecule has 6 nitrogen and oxygen atoms in total. The number of amides is 1. The maximum absolute atomic E-state index is 12.2. The average molecular weight is 398 g/mol. The Morgan fingerprint density at radius 1 is 1.18 bits per heavy atom. The molecule has 0 radical (unpaired) electrons. The van der Waals surface area contributed by atoms with Crippen LogP contribution in [0.25, 0.3) is 5.69 Å². The average Bonchev–Trinajstić information content (AvgIpc) is 3.31. The Morgan fingerprint density at radius 3 is 2.61 bits per heavy atom. The van der Waals surface area contributed by atoms with E-state index < -0.39 is 5.97 Å². The summed E-state index contributed by atoms with van der Waals surface area (Å²) in [4.78, 5) is 25.3. The maximum Gasteiger partial charge on any atom is 0.310 e. The predicted molar refractivity (Wildman–Crippen MR) is 109 cm³/mol. The molecule has 0 saturated heterocycles. The van der Waals surface area contributed by atoms with Crippen molar-refractivity contribution in [2.24, 2.45) is 0 Å². The number of aromatic nitrogens is 2. The molecule has 1 atom stereocenters. The standard InChI is InChI=1S/C21H23N3O3S/c1-14-18(16(3)24(23-14)17-8-5-4-6-9-17)12-21(26)27-13-20(25)22-15(2)19-10-7-11-28-19/h4-11,15H,12-13H2,1-3H3,(H,22,25)/t15-/m0/s1. The molecule has 2 aromatic heterocycles. The van der Waals surface area contributed by atoms with Gasteiger partial charge in [-0.15, -0.1) is 11.3 Å². The lowest BCUT2D eigenvalue weighted by atomic mass is 10.1. The van der Waals surface area contributed by atoms with Gasteiger partial charge in [-0.2, -0.15) is 5.10 Å². The number of esters is 1. The molecule has 28 heavy (non-hydrogen) atoms. The summed E-state index contributed by atoms with van der Waals surface area (Å²) in [7, 11) is 0. The van der Waals surface area contributed by atoms with Crippen LogP contribution < -0.4 is 5.32 Å². The fourth-order valence-corrected chi connectivity index (χ4v) is 3.72. The number of carbonyl (C=O) groups is 2. The number of para-hydroxylation sites is 1. The fourth-order valence-electron chi connectivity index (χ4n) is 2.98. The van der Waals surface area contributed by atoms with Crippen molar-refractivity contribution in [3.8, 4) is 5.69 Å². The van der Waals surface area contributed by atoms with Crippen LogP contribution in [0, 0.1) is 13.8 Å². The molecule has 146 valence electrons. The minimum atomic E-state index is -0.447. The van der Waals surface area contributed by atoms with Crippen LogP contribution in [0.5, 0.6) is 0 Å². The number of benzene rings is 1. The molecule has 0 spiro atoms. The molecule has 7 heteroatoms. The highest BCUT2D eigenvalue weighted by atomic mass is 32.1. The van der Waals surface area contributed by atoms with Crippen molar-refractivity contribution in [2.45, 2.75) is 33.2 Å². The van der Waals surface area contributed by atoms with E-state index in [0.29, 0.717) is 0 Å². The molecule has 0 fully saturated rings. The van der Waals surface area contributed by atoms with Gasteiger partial charge in [0.05, 0.1) is 23.8 Å². The minimum absolute atomic E-state index is 0.0816. The summed E-state index contributed by atoms with van der Waals surface area (Å²) in [5, 5.41) is 9.31. The molecule has 1 N–H and O–H groups in total. The van der Waals surface area contributed by atoms with Gasteiger partial charge >= 0.3 is 5.97 Å². The molecule has 0 bridgehead atoms. The third-order valence-electron chi connectivity index (χ3n) is 4.47. The number of hydrogen-bond acceptors (Lipinski definition) is 5. The number of thiophene rings is 1. The summed E-state index contributed by atoms with van der Waals surface area (Å²) in [5.41, 5.74) is 3.41. The summed E-state index contributed by atoms with van der Waals surface area (Å²) in [6.45, 7) is 5.39. The zero-order chi connectivity index (χ0) is 20.1. The number of ether oxygens (including phenoxy) is 1. The van der Waals surface area contributed by atoms with Gasteiger partial charge in [-0.05, 0) is 44.4 Å². The number of nitrogens with one attached hydrogen (secondary N) is 1. The zero-order valence-electron chi connectivity index (χ0n) is 16.1. The normalized spacial score (nSPS) is 11.8. The molecular formula is C21H23N3O3S. The van der Waals surface area contributed by atoms with Gasteiger partial charge in [0.2, 0.25) is 0 Å². The molecule has 0 aliphatic carbocycles. The molecule has 0 aliphatic heterocycles. The van der Waals surface area contributed by atoms with Crippen molar-refractivity contribution in [3.05, 3.63) is 69.7 Å². The van der Waals surface area contributed by atoms with Crippen LogP contribution in [-0.2, 0) is 20.7 Å². The highest BCUT2D eigenvalue weighted by Crippen LogP contribution is 2.19. The molecule has 3 rings (SSSR count). The smallest absolute Gasteiger partial charge is 0.310 e. The Balaban J connectivity index is 1.56. The van der Waals surface area contributed by atoms with Gasteiger partial charge in [0.1, 0.15) is 0 Å². The molecule has 0 saturated carbocycles. The van der Waals surface area contributed by atoms with E-state index in [0.717, 1.165) is 27.5 Å². The quantitative estimate of drug-likeness (QED) is 0.619. The van der Waals surface area contributed by atoms with Crippen molar-refractivity contribution < 1.29 is 14.3 Å². The van der Waals surface area contributed by atoms with Crippen LogP contribution in [0.15, 0.2) is 47.8 Å². The fraction of sp³-hybridized carbons (Fsp3) is 0.286. The second-order valence-electron chi connectivity index (χ2n) is 6.54. The topological polar surface area (TPSA) is 73.2 Å². The van der Waals surface area contributed by atoms with Gasteiger partial charge in [0.25, 0.3) is 5.91 Å². The number of carbonyl (C=O) groups excluding carboxylic acids is 2. The molecule has 1 aromatic carbocycles. The van der Waals surface area contributed by atoms with Gasteiger partial charge in [-0.3, -0.25) is 9.59 Å². The molecule has 3 aromatic rings. The van der Waals surface area contributed by atoms with Crippen molar-refractivity contribution in [3.63, 3.8) is 0 Å². The van der Waals surface area contributed by atoms with Gasteiger partial charge in [0, 0.05) is 16.1 Å². The Kier molecular flexibility index (Phi) is 6.26. The predicted octanol–water partition coefficient (Wildman–Crippen LogP) is 3.51. The highest BCUT2D eigenvalue weighted by Gasteiger charge is 2.18. The van der Waals surface area contributed by atoms with Crippen molar-refractivity contribution >= 4 is 23.2 Å². The summed E-state index contributed by atoms with van der Waals surface area (Å²) in [6, 6.07) is 13.5. The Hall–Kier alpha value is -2.93. The van der Waals surface area contributed by atoms with Crippen LogP contribution in [0.1, 0.15) is 34.8 Å². The Morgan fingerprint density at radius 2 is 1.93 bits per heavy atom. The molecule has 0 unspecified atom stereocenters. The second-order valence-corrected chi connectivity index (χ2v) is 7.52. The van der Waals surface area contributed by atoms with Crippen molar-refractivity contribution in [1.82, 2.24) is 15.1 Å². The summed E-state index contributed by atoms with van der Waals surface area (Å²) >= 11 is 1.57. The first-order valence-electron chi connectivity index (χ1n) is 9.04. The van der Waals surface area contributed by atoms with E-state index in [-0.39, 0.29) is 25.0 Å². The first kappa shape index (κ1) is 19.8. The van der Waals surface area contributed by atoms with E-state index in [2.05, 4.69) is 10.4 Å². The lowest BCUT2D eigenvalue weighted by molar-refractivity contribution is -0.148. The molecule has 2 heterocycles. The van der Waals surface area contributed by atoms with Crippen molar-refractivity contribution in [2.75, 3.05) is 6.61 Å². The van der Waals surface area contributed by atoms with Crippen LogP contribution in [0.2, 0.25) is 0 Å². The molecular weight excluding hydrogens is 374 g/mol. The van der Waals surface area contributed by atoms with E-state index in [1.54, 1.807) is 11.3 Å². The van der Waals surface area contributed by atoms with Crippen LogP contribution in [0.3, 0.4) is 0 Å². The molecule has 1 amide bonds. The monoisotopic (exact) mass is 397 g/mol. The van der Waals surface area contributed by atoms with Gasteiger partial charge < -0.3 is 10.1 Å². The van der Waals surface area contributed by atoms with Crippen LogP contribution in [0.4, 0.5) is 0 Å². The molecule has 0 aliphatic rings. The van der Waals surface area contributed by atoms with E-state index in [9.17, 15) is 9.59 Å². The summed E-state index contributed by atoms with van der Waals surface area (Å²) < 4.78 is 6.98. The number of aryl methyl sites for hydroxylation is 1. The lowest BCUT2D eigenvalue weighted by Crippen LogP contribution is -2.31. The highest BCUT2D eigenvalue weighted by molar-refractivity contribution is 7.10. The van der Waals surface area contributed by atoms with Gasteiger partial charge in [-0.1, -0.05) is 24.3 Å². The van der Waals surface area contributed by atoms with Crippen molar-refractivity contribution in [1.29, 1.82) is 0 Å². The Labute approximate surface area is 168 Å². The van der Waals surface area contributed by atoms with Gasteiger partial charge in [0.15, 0.2) is 6.61 Å². The number of rotatable bonds is 7. The third kappa shape index (κ3) is 4.67. The SMILES string of the molecule is Cc1nn(-c2ccccc2)c(C)c1CC(=O)OCC(=O)N[C@@H](C)c1cccs1. The van der Waals surface area contributed by atoms with E-state index >= 15 is 0 Å². The zero-order valence-corrected chi connectivity index (χ0v) is 17.0. The lowest BCUT2D eigenvalue weighted by Gasteiger charge is -2.12. The first-order valence-corrected chi connectivity index (χ1v) is 9.92. The maximum atomic E-state index is 12.2. The summed E-state index contributed by atoms with van der Waals surface area (Å²) in [6.07, 6.45) is 0.0816.